The Morgan fingerprint density at radius 1 is 1.18 bits per heavy atom. The normalized spacial score (nSPS) is 12.7. The highest BCUT2D eigenvalue weighted by atomic mass is 79.9. The van der Waals surface area contributed by atoms with Crippen LogP contribution in [0.5, 0.6) is 0 Å². The highest BCUT2D eigenvalue weighted by Gasteiger charge is 2.16. The first-order valence-corrected chi connectivity index (χ1v) is 8.13. The summed E-state index contributed by atoms with van der Waals surface area (Å²) in [5.74, 6) is 0. The van der Waals surface area contributed by atoms with Crippen molar-refractivity contribution in [1.82, 2.24) is 0 Å². The van der Waals surface area contributed by atoms with Crippen LogP contribution in [0.4, 0.5) is 0 Å². The fourth-order valence-electron chi connectivity index (χ4n) is 1.56. The lowest BCUT2D eigenvalue weighted by atomic mass is 10.0. The van der Waals surface area contributed by atoms with Crippen LogP contribution in [0.3, 0.4) is 0 Å². The zero-order valence-corrected chi connectivity index (χ0v) is 14.2. The van der Waals surface area contributed by atoms with Gasteiger partial charge in [0, 0.05) is 16.5 Å². The molecule has 0 fully saturated rings. The van der Waals surface area contributed by atoms with Gasteiger partial charge in [-0.1, -0.05) is 34.1 Å². The van der Waals surface area contributed by atoms with E-state index in [1.54, 1.807) is 11.3 Å². The molecule has 0 saturated heterocycles. The highest BCUT2D eigenvalue weighted by Crippen LogP contribution is 2.37. The van der Waals surface area contributed by atoms with Gasteiger partial charge in [-0.25, -0.2) is 0 Å². The van der Waals surface area contributed by atoms with Crippen molar-refractivity contribution in [3.63, 3.8) is 0 Å². The van der Waals surface area contributed by atoms with E-state index in [-0.39, 0.29) is 0 Å². The summed E-state index contributed by atoms with van der Waals surface area (Å²) in [6.45, 7) is 0. The second-order valence-electron chi connectivity index (χ2n) is 3.59. The maximum Gasteiger partial charge on any atom is 0.0850 e. The molecule has 0 aliphatic carbocycles. The Labute approximate surface area is 129 Å². The molecule has 17 heavy (non-hydrogen) atoms. The van der Waals surface area contributed by atoms with Gasteiger partial charge in [-0.3, -0.25) is 0 Å². The van der Waals surface area contributed by atoms with E-state index in [9.17, 15) is 5.11 Å². The molecule has 0 aliphatic heterocycles. The van der Waals surface area contributed by atoms with Crippen LogP contribution in [-0.2, 0) is 6.42 Å². The highest BCUT2D eigenvalue weighted by molar-refractivity contribution is 9.12. The first kappa shape index (κ1) is 13.7. The van der Waals surface area contributed by atoms with E-state index in [1.807, 2.05) is 30.3 Å². The maximum atomic E-state index is 10.2. The number of hydrogen-bond donors (Lipinski definition) is 1. The number of halogens is 3. The van der Waals surface area contributed by atoms with E-state index in [1.165, 1.54) is 0 Å². The monoisotopic (exact) mass is 438 g/mol. The minimum Gasteiger partial charge on any atom is -0.388 e. The predicted octanol–water partition coefficient (Wildman–Crippen LogP) is 5.31. The van der Waals surface area contributed by atoms with Gasteiger partial charge < -0.3 is 5.11 Å². The molecule has 1 atom stereocenters. The Kier molecular flexibility index (Phi) is 4.83. The second-order valence-corrected chi connectivity index (χ2v) is 8.19. The summed E-state index contributed by atoms with van der Waals surface area (Å²) in [5.41, 5.74) is 2.03. The summed E-state index contributed by atoms with van der Waals surface area (Å²) in [6, 6.07) is 9.90. The molecule has 0 saturated carbocycles. The maximum absolute atomic E-state index is 10.2. The largest absolute Gasteiger partial charge is 0.388 e. The quantitative estimate of drug-likeness (QED) is 0.685. The van der Waals surface area contributed by atoms with Gasteiger partial charge in [0.25, 0.3) is 0 Å². The van der Waals surface area contributed by atoms with Gasteiger partial charge in [0.05, 0.1) is 13.7 Å². The SMILES string of the molecule is OC(Cc1ccccc1Br)c1cc(Br)sc1Br. The summed E-state index contributed by atoms with van der Waals surface area (Å²) < 4.78 is 3.03. The molecule has 1 unspecified atom stereocenters. The second kappa shape index (κ2) is 5.97. The lowest BCUT2D eigenvalue weighted by molar-refractivity contribution is 0.178. The third kappa shape index (κ3) is 3.41. The van der Waals surface area contributed by atoms with Gasteiger partial charge >= 0.3 is 0 Å². The van der Waals surface area contributed by atoms with Crippen molar-refractivity contribution in [3.05, 3.63) is 53.5 Å². The van der Waals surface area contributed by atoms with Crippen LogP contribution in [0, 0.1) is 0 Å². The van der Waals surface area contributed by atoms with Gasteiger partial charge in [0.15, 0.2) is 0 Å². The van der Waals surface area contributed by atoms with Crippen molar-refractivity contribution in [3.8, 4) is 0 Å². The van der Waals surface area contributed by atoms with Gasteiger partial charge in [-0.2, -0.15) is 0 Å². The van der Waals surface area contributed by atoms with E-state index in [4.69, 9.17) is 0 Å². The smallest absolute Gasteiger partial charge is 0.0850 e. The summed E-state index contributed by atoms with van der Waals surface area (Å²) in [5, 5.41) is 10.2. The van der Waals surface area contributed by atoms with Crippen LogP contribution < -0.4 is 0 Å². The lowest BCUT2D eigenvalue weighted by Gasteiger charge is -2.11. The Hall–Kier alpha value is 0.320. The summed E-state index contributed by atoms with van der Waals surface area (Å²) in [4.78, 5) is 0. The minimum atomic E-state index is -0.495. The van der Waals surface area contributed by atoms with Crippen molar-refractivity contribution in [2.45, 2.75) is 12.5 Å². The zero-order valence-electron chi connectivity index (χ0n) is 8.66. The standard InChI is InChI=1S/C12H9Br3OS/c13-9-4-2-1-3-7(9)5-10(16)8-6-11(14)17-12(8)15/h1-4,6,10,16H,5H2. The molecule has 0 bridgehead atoms. The molecule has 0 amide bonds. The molecule has 5 heteroatoms. The third-order valence-corrected chi connectivity index (χ3v) is 5.57. The number of aliphatic hydroxyl groups excluding tert-OH is 1. The van der Waals surface area contributed by atoms with Crippen molar-refractivity contribution in [1.29, 1.82) is 0 Å². The van der Waals surface area contributed by atoms with E-state index in [0.29, 0.717) is 6.42 Å². The fourth-order valence-corrected chi connectivity index (χ4v) is 4.96. The summed E-state index contributed by atoms with van der Waals surface area (Å²) in [7, 11) is 0. The van der Waals surface area contributed by atoms with Crippen molar-refractivity contribution in [2.75, 3.05) is 0 Å². The molecule has 1 aromatic carbocycles. The molecule has 1 heterocycles. The number of thiophene rings is 1. The molecule has 2 rings (SSSR count). The fraction of sp³-hybridized carbons (Fsp3) is 0.167. The van der Waals surface area contributed by atoms with Crippen LogP contribution in [0.2, 0.25) is 0 Å². The Balaban J connectivity index is 2.20. The van der Waals surface area contributed by atoms with Crippen LogP contribution in [-0.4, -0.2) is 5.11 Å². The number of hydrogen-bond acceptors (Lipinski definition) is 2. The van der Waals surface area contributed by atoms with Crippen LogP contribution in [0.1, 0.15) is 17.2 Å². The van der Waals surface area contributed by atoms with Gasteiger partial charge in [0.1, 0.15) is 0 Å². The molecule has 1 N–H and O–H groups in total. The third-order valence-electron chi connectivity index (χ3n) is 2.41. The molecular weight excluding hydrogens is 432 g/mol. The summed E-state index contributed by atoms with van der Waals surface area (Å²) >= 11 is 12.0. The average molecular weight is 441 g/mol. The van der Waals surface area contributed by atoms with Crippen LogP contribution in [0.15, 0.2) is 42.4 Å². The predicted molar refractivity (Wildman–Crippen MR) is 82.5 cm³/mol. The first-order chi connectivity index (χ1) is 8.08. The average Bonchev–Trinajstić information content (AvgIpc) is 2.61. The van der Waals surface area contributed by atoms with Gasteiger partial charge in [0.2, 0.25) is 0 Å². The van der Waals surface area contributed by atoms with Gasteiger partial charge in [-0.05, 0) is 49.6 Å². The molecule has 1 aromatic heterocycles. The van der Waals surface area contributed by atoms with Crippen LogP contribution >= 0.6 is 59.1 Å². The van der Waals surface area contributed by atoms with Crippen molar-refractivity contribution in [2.24, 2.45) is 0 Å². The van der Waals surface area contributed by atoms with E-state index in [0.717, 1.165) is 23.2 Å². The van der Waals surface area contributed by atoms with E-state index < -0.39 is 6.10 Å². The number of aliphatic hydroxyl groups is 1. The number of rotatable bonds is 3. The first-order valence-electron chi connectivity index (χ1n) is 4.94. The molecule has 2 aromatic rings. The van der Waals surface area contributed by atoms with Crippen molar-refractivity contribution >= 4 is 59.1 Å². The molecule has 0 spiro atoms. The molecule has 90 valence electrons. The zero-order chi connectivity index (χ0) is 12.4. The lowest BCUT2D eigenvalue weighted by Crippen LogP contribution is -2.01. The topological polar surface area (TPSA) is 20.2 Å². The molecule has 1 nitrogen and oxygen atoms in total. The summed E-state index contributed by atoms with van der Waals surface area (Å²) in [6.07, 6.45) is 0.106. The van der Waals surface area contributed by atoms with E-state index in [2.05, 4.69) is 47.8 Å². The minimum absolute atomic E-state index is 0.495. The Morgan fingerprint density at radius 2 is 1.88 bits per heavy atom. The van der Waals surface area contributed by atoms with Gasteiger partial charge in [-0.15, -0.1) is 11.3 Å². The Morgan fingerprint density at radius 3 is 2.47 bits per heavy atom. The van der Waals surface area contributed by atoms with Crippen molar-refractivity contribution < 1.29 is 5.11 Å². The Bertz CT molecular complexity index is 524. The number of benzene rings is 1. The molecule has 0 aliphatic rings. The van der Waals surface area contributed by atoms with Crippen LogP contribution in [0.25, 0.3) is 0 Å². The van der Waals surface area contributed by atoms with E-state index >= 15 is 0 Å². The molecular formula is C12H9Br3OS. The molecule has 0 radical (unpaired) electrons.